The number of nitrogen functional groups attached to an aromatic ring is 1. The average molecular weight is 277 g/mol. The van der Waals surface area contributed by atoms with E-state index in [0.29, 0.717) is 6.61 Å². The van der Waals surface area contributed by atoms with Crippen molar-refractivity contribution >= 4 is 11.6 Å². The lowest BCUT2D eigenvalue weighted by Gasteiger charge is -2.22. The van der Waals surface area contributed by atoms with E-state index in [1.54, 1.807) is 0 Å². The predicted octanol–water partition coefficient (Wildman–Crippen LogP) is 2.77. The Morgan fingerprint density at radius 3 is 2.47 bits per heavy atom. The van der Waals surface area contributed by atoms with Crippen LogP contribution in [0.1, 0.15) is 19.4 Å². The first-order chi connectivity index (χ1) is 8.74. The maximum Gasteiger partial charge on any atom is 0.416 e. The van der Waals surface area contributed by atoms with E-state index in [2.05, 4.69) is 10.3 Å². The highest BCUT2D eigenvalue weighted by molar-refractivity contribution is 5.48. The molecule has 0 fully saturated rings. The summed E-state index contributed by atoms with van der Waals surface area (Å²) in [5.74, 6) is 0.109. The summed E-state index contributed by atoms with van der Waals surface area (Å²) >= 11 is 0. The lowest BCUT2D eigenvalue weighted by atomic mass is 10.1. The van der Waals surface area contributed by atoms with Crippen molar-refractivity contribution in [2.75, 3.05) is 24.8 Å². The number of methoxy groups -OCH3 is 1. The predicted molar refractivity (Wildman–Crippen MR) is 67.8 cm³/mol. The molecule has 7 heteroatoms. The van der Waals surface area contributed by atoms with Gasteiger partial charge in [-0.3, -0.25) is 0 Å². The minimum Gasteiger partial charge on any atom is -0.384 e. The van der Waals surface area contributed by atoms with Crippen molar-refractivity contribution in [3.8, 4) is 0 Å². The van der Waals surface area contributed by atoms with Gasteiger partial charge in [-0.25, -0.2) is 4.98 Å². The Balaban J connectivity index is 2.97. The number of hydrogen-bond acceptors (Lipinski definition) is 4. The van der Waals surface area contributed by atoms with Gasteiger partial charge in [-0.2, -0.15) is 13.2 Å². The Hall–Kier alpha value is -1.50. The Kier molecular flexibility index (Phi) is 4.99. The standard InChI is InChI=1S/C12H18F3N3O/c1-7(2)9(6-19-3)17-11-5-8(12(13,14)15)4-10(16)18-11/h4-5,7,9H,6H2,1-3H3,(H3,16,17,18). The quantitative estimate of drug-likeness (QED) is 0.868. The van der Waals surface area contributed by atoms with E-state index < -0.39 is 11.7 Å². The number of rotatable bonds is 5. The first-order valence-corrected chi connectivity index (χ1v) is 5.84. The van der Waals surface area contributed by atoms with Gasteiger partial charge in [0, 0.05) is 7.11 Å². The first kappa shape index (κ1) is 15.6. The number of nitrogens with two attached hydrogens (primary N) is 1. The number of aromatic nitrogens is 1. The molecule has 1 aromatic rings. The molecule has 0 radical (unpaired) electrons. The van der Waals surface area contributed by atoms with E-state index in [0.717, 1.165) is 12.1 Å². The molecule has 1 aromatic heterocycles. The molecule has 0 aliphatic carbocycles. The van der Waals surface area contributed by atoms with E-state index in [4.69, 9.17) is 10.5 Å². The summed E-state index contributed by atoms with van der Waals surface area (Å²) in [6.07, 6.45) is -4.44. The molecule has 0 saturated heterocycles. The van der Waals surface area contributed by atoms with Crippen LogP contribution >= 0.6 is 0 Å². The molecule has 4 nitrogen and oxygen atoms in total. The van der Waals surface area contributed by atoms with Crippen molar-refractivity contribution in [2.45, 2.75) is 26.1 Å². The molecule has 0 bridgehead atoms. The first-order valence-electron chi connectivity index (χ1n) is 5.84. The molecule has 0 spiro atoms. The van der Waals surface area contributed by atoms with Gasteiger partial charge in [-0.15, -0.1) is 0 Å². The minimum absolute atomic E-state index is 0.100. The van der Waals surface area contributed by atoms with Gasteiger partial charge in [0.25, 0.3) is 0 Å². The molecule has 1 heterocycles. The largest absolute Gasteiger partial charge is 0.416 e. The van der Waals surface area contributed by atoms with Crippen LogP contribution in [-0.4, -0.2) is 24.7 Å². The monoisotopic (exact) mass is 277 g/mol. The van der Waals surface area contributed by atoms with Crippen LogP contribution in [0.25, 0.3) is 0 Å². The van der Waals surface area contributed by atoms with Gasteiger partial charge in [0.1, 0.15) is 11.6 Å². The molecule has 0 aromatic carbocycles. The van der Waals surface area contributed by atoms with Crippen LogP contribution in [0, 0.1) is 5.92 Å². The van der Waals surface area contributed by atoms with E-state index in [9.17, 15) is 13.2 Å². The van der Waals surface area contributed by atoms with E-state index >= 15 is 0 Å². The highest BCUT2D eigenvalue weighted by Gasteiger charge is 2.31. The summed E-state index contributed by atoms with van der Waals surface area (Å²) in [5, 5.41) is 2.92. The zero-order valence-corrected chi connectivity index (χ0v) is 11.1. The van der Waals surface area contributed by atoms with Gasteiger partial charge in [0.2, 0.25) is 0 Å². The second-order valence-electron chi connectivity index (χ2n) is 4.61. The third-order valence-electron chi connectivity index (χ3n) is 2.66. The van der Waals surface area contributed by atoms with Gasteiger partial charge < -0.3 is 15.8 Å². The lowest BCUT2D eigenvalue weighted by Crippen LogP contribution is -2.31. The maximum absolute atomic E-state index is 12.7. The third kappa shape index (κ3) is 4.59. The Morgan fingerprint density at radius 2 is 2.00 bits per heavy atom. The highest BCUT2D eigenvalue weighted by Crippen LogP contribution is 2.31. The van der Waals surface area contributed by atoms with Crippen molar-refractivity contribution in [1.29, 1.82) is 0 Å². The smallest absolute Gasteiger partial charge is 0.384 e. The summed E-state index contributed by atoms with van der Waals surface area (Å²) < 4.78 is 43.0. The zero-order chi connectivity index (χ0) is 14.6. The zero-order valence-electron chi connectivity index (χ0n) is 11.1. The Bertz CT molecular complexity index is 421. The second-order valence-corrected chi connectivity index (χ2v) is 4.61. The SMILES string of the molecule is COCC(Nc1cc(C(F)(F)F)cc(N)n1)C(C)C. The van der Waals surface area contributed by atoms with Gasteiger partial charge in [-0.1, -0.05) is 13.8 Å². The summed E-state index contributed by atoms with van der Waals surface area (Å²) in [7, 11) is 1.53. The number of anilines is 2. The van der Waals surface area contributed by atoms with Crippen LogP contribution in [0.3, 0.4) is 0 Å². The molecular formula is C12H18F3N3O. The van der Waals surface area contributed by atoms with Gasteiger partial charge >= 0.3 is 6.18 Å². The van der Waals surface area contributed by atoms with Gasteiger partial charge in [0.15, 0.2) is 0 Å². The molecule has 19 heavy (non-hydrogen) atoms. The topological polar surface area (TPSA) is 60.2 Å². The van der Waals surface area contributed by atoms with Crippen LogP contribution in [-0.2, 0) is 10.9 Å². The number of halogens is 3. The van der Waals surface area contributed by atoms with Crippen molar-refractivity contribution in [2.24, 2.45) is 5.92 Å². The molecule has 0 amide bonds. The van der Waals surface area contributed by atoms with Gasteiger partial charge in [-0.05, 0) is 18.1 Å². The number of nitrogens with zero attached hydrogens (tertiary/aromatic N) is 1. The molecule has 1 atom stereocenters. The van der Waals surface area contributed by atoms with E-state index in [-0.39, 0.29) is 23.6 Å². The third-order valence-corrected chi connectivity index (χ3v) is 2.66. The summed E-state index contributed by atoms with van der Waals surface area (Å²) in [4.78, 5) is 3.86. The number of alkyl halides is 3. The number of pyridine rings is 1. The van der Waals surface area contributed by atoms with Crippen LogP contribution in [0.4, 0.5) is 24.8 Å². The minimum atomic E-state index is -4.44. The van der Waals surface area contributed by atoms with Crippen molar-refractivity contribution < 1.29 is 17.9 Å². The highest BCUT2D eigenvalue weighted by atomic mass is 19.4. The fourth-order valence-electron chi connectivity index (χ4n) is 1.56. The summed E-state index contributed by atoms with van der Waals surface area (Å²) in [6, 6.07) is 1.62. The molecule has 1 rings (SSSR count). The van der Waals surface area contributed by atoms with Gasteiger partial charge in [0.05, 0.1) is 18.2 Å². The van der Waals surface area contributed by atoms with Crippen molar-refractivity contribution in [3.63, 3.8) is 0 Å². The van der Waals surface area contributed by atoms with Crippen molar-refractivity contribution in [3.05, 3.63) is 17.7 Å². The number of ether oxygens (including phenoxy) is 1. The molecule has 0 aliphatic heterocycles. The van der Waals surface area contributed by atoms with Crippen LogP contribution < -0.4 is 11.1 Å². The van der Waals surface area contributed by atoms with Crippen molar-refractivity contribution in [1.82, 2.24) is 4.98 Å². The van der Waals surface area contributed by atoms with E-state index in [1.165, 1.54) is 7.11 Å². The Morgan fingerprint density at radius 1 is 1.37 bits per heavy atom. The molecular weight excluding hydrogens is 259 g/mol. The van der Waals surface area contributed by atoms with Crippen LogP contribution in [0.15, 0.2) is 12.1 Å². The number of hydrogen-bond donors (Lipinski definition) is 2. The molecule has 1 unspecified atom stereocenters. The molecule has 3 N–H and O–H groups in total. The normalized spacial score (nSPS) is 13.6. The number of nitrogens with one attached hydrogen (secondary N) is 1. The van der Waals surface area contributed by atoms with E-state index in [1.807, 2.05) is 13.8 Å². The fraction of sp³-hybridized carbons (Fsp3) is 0.583. The lowest BCUT2D eigenvalue weighted by molar-refractivity contribution is -0.137. The second kappa shape index (κ2) is 6.10. The van der Waals surface area contributed by atoms with Crippen LogP contribution in [0.5, 0.6) is 0 Å². The molecule has 0 aliphatic rings. The Labute approximate surface area is 110 Å². The fourth-order valence-corrected chi connectivity index (χ4v) is 1.56. The summed E-state index contributed by atoms with van der Waals surface area (Å²) in [5.41, 5.74) is 4.58. The average Bonchev–Trinajstić information content (AvgIpc) is 2.26. The molecule has 108 valence electrons. The molecule has 0 saturated carbocycles. The maximum atomic E-state index is 12.7. The summed E-state index contributed by atoms with van der Waals surface area (Å²) in [6.45, 7) is 4.25. The van der Waals surface area contributed by atoms with Crippen LogP contribution in [0.2, 0.25) is 0 Å².